The van der Waals surface area contributed by atoms with Gasteiger partial charge in [0.1, 0.15) is 23.9 Å². The number of hydrogen-bond acceptors (Lipinski definition) is 4. The summed E-state index contributed by atoms with van der Waals surface area (Å²) in [6.07, 6.45) is 0. The molecule has 0 unspecified atom stereocenters. The molecule has 0 aliphatic rings. The van der Waals surface area contributed by atoms with Crippen LogP contribution >= 0.6 is 23.2 Å². The van der Waals surface area contributed by atoms with E-state index in [4.69, 9.17) is 39.0 Å². The van der Waals surface area contributed by atoms with Crippen LogP contribution < -0.4 is 5.32 Å². The maximum atomic E-state index is 8.90. The van der Waals surface area contributed by atoms with Gasteiger partial charge in [-0.15, -0.1) is 0 Å². The normalized spacial score (nSPS) is 8.67. The number of hydrogen-bond donors (Lipinski definition) is 1. The lowest BCUT2D eigenvalue weighted by Gasteiger charge is -2.10. The Bertz CT molecular complexity index is 626. The van der Waals surface area contributed by atoms with E-state index in [1.165, 1.54) is 0 Å². The minimum absolute atomic E-state index is 0.124. The molecule has 1 aromatic rings. The third-order valence-electron chi connectivity index (χ3n) is 2.18. The quantitative estimate of drug-likeness (QED) is 0.838. The molecule has 4 nitrogen and oxygen atoms in total. The van der Waals surface area contributed by atoms with E-state index in [9.17, 15) is 0 Å². The van der Waals surface area contributed by atoms with Crippen molar-refractivity contribution >= 4 is 28.9 Å². The van der Waals surface area contributed by atoms with Gasteiger partial charge < -0.3 is 5.32 Å². The van der Waals surface area contributed by atoms with Gasteiger partial charge >= 0.3 is 0 Å². The predicted molar refractivity (Wildman–Crippen MR) is 68.7 cm³/mol. The van der Waals surface area contributed by atoms with Crippen molar-refractivity contribution in [2.24, 2.45) is 0 Å². The van der Waals surface area contributed by atoms with Crippen LogP contribution in [0.1, 0.15) is 5.56 Å². The van der Waals surface area contributed by atoms with Crippen LogP contribution in [0.5, 0.6) is 0 Å². The molecule has 0 amide bonds. The van der Waals surface area contributed by atoms with E-state index in [1.807, 2.05) is 0 Å². The third kappa shape index (κ3) is 2.73. The van der Waals surface area contributed by atoms with E-state index >= 15 is 0 Å². The second-order valence-electron chi connectivity index (χ2n) is 3.24. The number of allylic oxidation sites excluding steroid dienone is 2. The molecule has 6 heteroatoms. The van der Waals surface area contributed by atoms with Crippen molar-refractivity contribution in [2.75, 3.05) is 5.32 Å². The van der Waals surface area contributed by atoms with Gasteiger partial charge in [-0.2, -0.15) is 15.8 Å². The molecule has 0 aliphatic carbocycles. The van der Waals surface area contributed by atoms with E-state index in [2.05, 4.69) is 5.32 Å². The summed E-state index contributed by atoms with van der Waals surface area (Å²) in [4.78, 5) is 0. The van der Waals surface area contributed by atoms with Gasteiger partial charge in [0.2, 0.25) is 0 Å². The molecule has 1 rings (SSSR count). The zero-order valence-electron chi connectivity index (χ0n) is 9.25. The Morgan fingerprint density at radius 3 is 2.22 bits per heavy atom. The van der Waals surface area contributed by atoms with E-state index in [-0.39, 0.29) is 11.3 Å². The fourth-order valence-corrected chi connectivity index (χ4v) is 1.57. The van der Waals surface area contributed by atoms with E-state index in [0.717, 1.165) is 0 Å². The maximum Gasteiger partial charge on any atom is 0.163 e. The molecular formula is C12H6Cl2N4. The van der Waals surface area contributed by atoms with Crippen LogP contribution in [-0.4, -0.2) is 0 Å². The summed E-state index contributed by atoms with van der Waals surface area (Å²) in [5.41, 5.74) is 0.737. The average Bonchev–Trinajstić information content (AvgIpc) is 2.38. The minimum atomic E-state index is -0.289. The lowest BCUT2D eigenvalue weighted by molar-refractivity contribution is 1.35. The highest BCUT2D eigenvalue weighted by Crippen LogP contribution is 2.31. The van der Waals surface area contributed by atoms with Crippen LogP contribution in [0, 0.1) is 40.9 Å². The smallest absolute Gasteiger partial charge is 0.163 e. The predicted octanol–water partition coefficient (Wildman–Crippen LogP) is 3.54. The lowest BCUT2D eigenvalue weighted by Crippen LogP contribution is -2.02. The van der Waals surface area contributed by atoms with Gasteiger partial charge in [0.15, 0.2) is 5.57 Å². The molecule has 0 heterocycles. The highest BCUT2D eigenvalue weighted by Gasteiger charge is 2.10. The molecule has 0 spiro atoms. The number of benzene rings is 1. The van der Waals surface area contributed by atoms with Crippen LogP contribution in [0.2, 0.25) is 10.0 Å². The van der Waals surface area contributed by atoms with Crippen molar-refractivity contribution in [3.05, 3.63) is 39.0 Å². The van der Waals surface area contributed by atoms with Gasteiger partial charge in [0, 0.05) is 5.69 Å². The first-order valence-corrected chi connectivity index (χ1v) is 5.47. The highest BCUT2D eigenvalue weighted by atomic mass is 35.5. The second-order valence-corrected chi connectivity index (χ2v) is 4.03. The summed E-state index contributed by atoms with van der Waals surface area (Å²) in [6, 6.07) is 8.23. The monoisotopic (exact) mass is 276 g/mol. The van der Waals surface area contributed by atoms with E-state index in [1.54, 1.807) is 37.3 Å². The highest BCUT2D eigenvalue weighted by molar-refractivity contribution is 6.42. The van der Waals surface area contributed by atoms with Crippen molar-refractivity contribution in [3.63, 3.8) is 0 Å². The molecule has 1 aromatic carbocycles. The fourth-order valence-electron chi connectivity index (χ4n) is 1.21. The number of nitriles is 3. The molecule has 1 N–H and O–H groups in total. The Labute approximate surface area is 114 Å². The number of nitrogens with zero attached hydrogens (tertiary/aromatic N) is 3. The van der Waals surface area contributed by atoms with Crippen molar-refractivity contribution < 1.29 is 0 Å². The van der Waals surface area contributed by atoms with Gasteiger partial charge in [0.05, 0.1) is 10.0 Å². The first-order valence-electron chi connectivity index (χ1n) is 4.71. The standard InChI is InChI=1S/C12H6Cl2N4/c1-7-10(3-2-9(13)12(7)14)18-11(6-17)8(4-15)5-16/h2-3,18H,1H3. The molecule has 0 radical (unpaired) electrons. The molecule has 88 valence electrons. The topological polar surface area (TPSA) is 83.4 Å². The largest absolute Gasteiger partial charge is 0.345 e. The molecular weight excluding hydrogens is 271 g/mol. The molecule has 0 fully saturated rings. The average molecular weight is 277 g/mol. The summed E-state index contributed by atoms with van der Waals surface area (Å²) in [5.74, 6) is 0. The van der Waals surface area contributed by atoms with Gasteiger partial charge in [-0.25, -0.2) is 0 Å². The fraction of sp³-hybridized carbons (Fsp3) is 0.0833. The van der Waals surface area contributed by atoms with Gasteiger partial charge in [-0.05, 0) is 24.6 Å². The van der Waals surface area contributed by atoms with Crippen LogP contribution in [0.15, 0.2) is 23.4 Å². The summed E-state index contributed by atoms with van der Waals surface area (Å²) >= 11 is 11.8. The molecule has 0 aliphatic heterocycles. The van der Waals surface area contributed by atoms with Crippen molar-refractivity contribution in [2.45, 2.75) is 6.92 Å². The van der Waals surface area contributed by atoms with Crippen LogP contribution in [0.3, 0.4) is 0 Å². The summed E-state index contributed by atoms with van der Waals surface area (Å²) in [6.45, 7) is 1.71. The Morgan fingerprint density at radius 1 is 1.11 bits per heavy atom. The van der Waals surface area contributed by atoms with Crippen LogP contribution in [0.4, 0.5) is 5.69 Å². The van der Waals surface area contributed by atoms with Gasteiger partial charge in [-0.1, -0.05) is 23.2 Å². The number of rotatable bonds is 2. The summed E-state index contributed by atoms with van der Waals surface area (Å²) in [5, 5.41) is 29.8. The summed E-state index contributed by atoms with van der Waals surface area (Å²) < 4.78 is 0. The number of anilines is 1. The van der Waals surface area contributed by atoms with Gasteiger partial charge in [0.25, 0.3) is 0 Å². The Morgan fingerprint density at radius 2 is 1.72 bits per heavy atom. The second kappa shape index (κ2) is 5.94. The third-order valence-corrected chi connectivity index (χ3v) is 3.08. The molecule has 0 atom stereocenters. The van der Waals surface area contributed by atoms with Crippen LogP contribution in [-0.2, 0) is 0 Å². The molecule has 0 bridgehead atoms. The molecule has 18 heavy (non-hydrogen) atoms. The van der Waals surface area contributed by atoms with Gasteiger partial charge in [-0.3, -0.25) is 0 Å². The number of halogens is 2. The van der Waals surface area contributed by atoms with E-state index in [0.29, 0.717) is 21.3 Å². The Balaban J connectivity index is 3.26. The van der Waals surface area contributed by atoms with Crippen molar-refractivity contribution in [1.29, 1.82) is 15.8 Å². The molecule has 0 aromatic heterocycles. The zero-order chi connectivity index (χ0) is 13.7. The van der Waals surface area contributed by atoms with Crippen LogP contribution in [0.25, 0.3) is 0 Å². The first-order chi connectivity index (χ1) is 8.54. The Kier molecular flexibility index (Phi) is 4.58. The maximum absolute atomic E-state index is 8.90. The van der Waals surface area contributed by atoms with Crippen molar-refractivity contribution in [3.8, 4) is 18.2 Å². The molecule has 0 saturated carbocycles. The zero-order valence-corrected chi connectivity index (χ0v) is 10.8. The molecule has 0 saturated heterocycles. The van der Waals surface area contributed by atoms with E-state index < -0.39 is 0 Å². The first kappa shape index (κ1) is 13.9. The lowest BCUT2D eigenvalue weighted by atomic mass is 10.1. The Hall–Kier alpha value is -2.19. The summed E-state index contributed by atoms with van der Waals surface area (Å²) in [7, 11) is 0. The SMILES string of the molecule is Cc1c(NC(C#N)=C(C#N)C#N)ccc(Cl)c1Cl. The van der Waals surface area contributed by atoms with Crippen molar-refractivity contribution in [1.82, 2.24) is 0 Å². The number of nitrogens with one attached hydrogen (secondary N) is 1. The minimum Gasteiger partial charge on any atom is -0.345 e.